The van der Waals surface area contributed by atoms with E-state index in [0.29, 0.717) is 125 Å². The van der Waals surface area contributed by atoms with Crippen molar-refractivity contribution in [1.82, 2.24) is 0 Å². The van der Waals surface area contributed by atoms with Crippen molar-refractivity contribution in [3.8, 4) is 0 Å². The molecule has 0 saturated heterocycles. The van der Waals surface area contributed by atoms with Gasteiger partial charge in [-0.1, -0.05) is 124 Å². The summed E-state index contributed by atoms with van der Waals surface area (Å²) >= 11 is 0. The minimum Gasteiger partial charge on any atom is -0.463 e. The molecule has 59 heavy (non-hydrogen) atoms. The molecule has 0 aliphatic carbocycles. The van der Waals surface area contributed by atoms with Crippen LogP contribution in [0.15, 0.2) is 0 Å². The van der Waals surface area contributed by atoms with Gasteiger partial charge in [0.2, 0.25) is 0 Å². The average molecular weight is 851 g/mol. The quantitative estimate of drug-likeness (QED) is 0.0427. The zero-order chi connectivity index (χ0) is 42.8. The molecule has 0 fully saturated rings. The van der Waals surface area contributed by atoms with Gasteiger partial charge in [-0.15, -0.1) is 0 Å². The van der Waals surface area contributed by atoms with E-state index in [-0.39, 0.29) is 31.1 Å². The number of hydrogen-bond acceptors (Lipinski definition) is 13. The molecule has 0 amide bonds. The Balaban J connectivity index is 3.19. The van der Waals surface area contributed by atoms with Gasteiger partial charge in [-0.25, -0.2) is 0 Å². The number of ether oxygens (including phenoxy) is 11. The summed E-state index contributed by atoms with van der Waals surface area (Å²) in [6.45, 7) is 15.4. The molecule has 352 valence electrons. The maximum absolute atomic E-state index is 12.0. The summed E-state index contributed by atoms with van der Waals surface area (Å²) < 4.78 is 60.0. The number of carbonyl (C=O) groups is 2. The topological polar surface area (TPSA) is 136 Å². The van der Waals surface area contributed by atoms with E-state index in [0.717, 1.165) is 38.5 Å². The van der Waals surface area contributed by atoms with Crippen LogP contribution in [0.5, 0.6) is 0 Å². The lowest BCUT2D eigenvalue weighted by Crippen LogP contribution is -2.20. The molecule has 0 aliphatic rings. The Morgan fingerprint density at radius 1 is 0.322 bits per heavy atom. The summed E-state index contributed by atoms with van der Waals surface area (Å²) in [7, 11) is 0. The van der Waals surface area contributed by atoms with Crippen LogP contribution >= 0.6 is 0 Å². The van der Waals surface area contributed by atoms with Gasteiger partial charge in [-0.3, -0.25) is 9.59 Å². The van der Waals surface area contributed by atoms with E-state index in [1.54, 1.807) is 0 Å². The lowest BCUT2D eigenvalue weighted by molar-refractivity contribution is -0.150. The standard InChI is InChI=1S/C46H90O13/c1-4-7-9-10-11-12-13-14-15-16-17-18-19-20-21-23-45(47)58-42-40-56-38-36-54-34-32-52-30-28-50-26-24-49-25-27-51-29-31-53-33-35-55-37-39-57-41-43-59-46(48)44(6-3)22-8-5-2/h44H,4-43H2,1-3H3. The molecule has 0 aromatic carbocycles. The molecule has 13 heteroatoms. The third kappa shape index (κ3) is 47.5. The number of carbonyl (C=O) groups excluding carboxylic acids is 2. The first-order chi connectivity index (χ1) is 29.2. The van der Waals surface area contributed by atoms with E-state index in [2.05, 4.69) is 13.8 Å². The highest BCUT2D eigenvalue weighted by Gasteiger charge is 2.17. The molecule has 0 saturated carbocycles. The normalized spacial score (nSPS) is 12.0. The lowest BCUT2D eigenvalue weighted by atomic mass is 10.00. The van der Waals surface area contributed by atoms with E-state index in [1.165, 1.54) is 83.5 Å². The highest BCUT2D eigenvalue weighted by atomic mass is 16.6. The first-order valence-electron chi connectivity index (χ1n) is 23.7. The molecule has 13 nitrogen and oxygen atoms in total. The van der Waals surface area contributed by atoms with Crippen molar-refractivity contribution in [2.24, 2.45) is 5.92 Å². The molecule has 0 aromatic heterocycles. The van der Waals surface area contributed by atoms with E-state index in [9.17, 15) is 9.59 Å². The van der Waals surface area contributed by atoms with Crippen LogP contribution < -0.4 is 0 Å². The van der Waals surface area contributed by atoms with Crippen LogP contribution in [0.2, 0.25) is 0 Å². The molecule has 0 bridgehead atoms. The third-order valence-corrected chi connectivity index (χ3v) is 9.66. The summed E-state index contributed by atoms with van der Waals surface area (Å²) in [5.74, 6) is -0.260. The molecular weight excluding hydrogens is 760 g/mol. The van der Waals surface area contributed by atoms with Crippen LogP contribution in [0.3, 0.4) is 0 Å². The summed E-state index contributed by atoms with van der Waals surface area (Å²) in [4.78, 5) is 24.0. The first-order valence-corrected chi connectivity index (χ1v) is 23.7. The third-order valence-electron chi connectivity index (χ3n) is 9.66. The van der Waals surface area contributed by atoms with Gasteiger partial charge in [-0.05, 0) is 19.3 Å². The van der Waals surface area contributed by atoms with Crippen molar-refractivity contribution >= 4 is 11.9 Å². The molecule has 1 unspecified atom stereocenters. The van der Waals surface area contributed by atoms with E-state index < -0.39 is 0 Å². The number of hydrogen-bond donors (Lipinski definition) is 0. The van der Waals surface area contributed by atoms with Crippen molar-refractivity contribution in [1.29, 1.82) is 0 Å². The molecule has 0 N–H and O–H groups in total. The SMILES string of the molecule is CCCCCCCCCCCCCCCCCC(=O)OCCOCCOCCOCCOCCOCCOCCOCCOCCOCCOC(=O)C(CC)CCCC. The smallest absolute Gasteiger partial charge is 0.308 e. The van der Waals surface area contributed by atoms with Crippen LogP contribution in [0.1, 0.15) is 149 Å². The first kappa shape index (κ1) is 57.6. The van der Waals surface area contributed by atoms with Crippen molar-refractivity contribution in [3.05, 3.63) is 0 Å². The van der Waals surface area contributed by atoms with E-state index in [1.807, 2.05) is 6.92 Å². The Hall–Kier alpha value is -1.42. The van der Waals surface area contributed by atoms with Crippen molar-refractivity contribution < 1.29 is 61.7 Å². The van der Waals surface area contributed by atoms with Crippen LogP contribution in [0.4, 0.5) is 0 Å². The highest BCUT2D eigenvalue weighted by Crippen LogP contribution is 2.15. The van der Waals surface area contributed by atoms with Crippen LogP contribution in [0, 0.1) is 5.92 Å². The second-order valence-electron chi connectivity index (χ2n) is 14.8. The second-order valence-corrected chi connectivity index (χ2v) is 14.8. The van der Waals surface area contributed by atoms with Gasteiger partial charge in [0.25, 0.3) is 0 Å². The fraction of sp³-hybridized carbons (Fsp3) is 0.957. The summed E-state index contributed by atoms with van der Waals surface area (Å²) in [5.41, 5.74) is 0. The zero-order valence-electron chi connectivity index (χ0n) is 38.2. The molecule has 1 atom stereocenters. The van der Waals surface area contributed by atoms with Gasteiger partial charge in [0.1, 0.15) is 13.2 Å². The van der Waals surface area contributed by atoms with Crippen LogP contribution in [0.25, 0.3) is 0 Å². The van der Waals surface area contributed by atoms with Gasteiger partial charge in [0, 0.05) is 6.42 Å². The zero-order valence-corrected chi connectivity index (χ0v) is 38.2. The minimum atomic E-state index is -0.133. The number of rotatable bonds is 51. The number of unbranched alkanes of at least 4 members (excludes halogenated alkanes) is 15. The van der Waals surface area contributed by atoms with Crippen molar-refractivity contribution in [2.75, 3.05) is 132 Å². The van der Waals surface area contributed by atoms with Gasteiger partial charge in [0.15, 0.2) is 0 Å². The van der Waals surface area contributed by atoms with Crippen molar-refractivity contribution in [3.63, 3.8) is 0 Å². The molecule has 0 rings (SSSR count). The Morgan fingerprint density at radius 2 is 0.593 bits per heavy atom. The monoisotopic (exact) mass is 851 g/mol. The predicted octanol–water partition coefficient (Wildman–Crippen LogP) is 8.70. The fourth-order valence-corrected chi connectivity index (χ4v) is 6.05. The Kier molecular flexibility index (Phi) is 49.7. The van der Waals surface area contributed by atoms with Crippen LogP contribution in [-0.4, -0.2) is 144 Å². The molecule has 0 spiro atoms. The van der Waals surface area contributed by atoms with Crippen LogP contribution in [-0.2, 0) is 61.7 Å². The molecule has 0 aliphatic heterocycles. The molecule has 0 heterocycles. The summed E-state index contributed by atoms with van der Waals surface area (Å²) in [6.07, 6.45) is 24.0. The summed E-state index contributed by atoms with van der Waals surface area (Å²) in [6, 6.07) is 0. The maximum Gasteiger partial charge on any atom is 0.308 e. The van der Waals surface area contributed by atoms with E-state index >= 15 is 0 Å². The highest BCUT2D eigenvalue weighted by molar-refractivity contribution is 5.72. The van der Waals surface area contributed by atoms with Crippen molar-refractivity contribution in [2.45, 2.75) is 149 Å². The van der Waals surface area contributed by atoms with Gasteiger partial charge < -0.3 is 52.1 Å². The summed E-state index contributed by atoms with van der Waals surface area (Å²) in [5, 5.41) is 0. The van der Waals surface area contributed by atoms with E-state index in [4.69, 9.17) is 52.1 Å². The Labute approximate surface area is 360 Å². The molecular formula is C46H90O13. The molecule has 0 radical (unpaired) electrons. The Bertz CT molecular complexity index is 835. The van der Waals surface area contributed by atoms with Gasteiger partial charge >= 0.3 is 11.9 Å². The largest absolute Gasteiger partial charge is 0.463 e. The van der Waals surface area contributed by atoms with Gasteiger partial charge in [-0.2, -0.15) is 0 Å². The minimum absolute atomic E-state index is 0.00642. The average Bonchev–Trinajstić information content (AvgIpc) is 3.24. The fourth-order valence-electron chi connectivity index (χ4n) is 6.05. The lowest BCUT2D eigenvalue weighted by Gasteiger charge is -2.13. The second kappa shape index (κ2) is 50.9. The number of esters is 2. The maximum atomic E-state index is 12.0. The Morgan fingerprint density at radius 3 is 0.898 bits per heavy atom. The molecule has 0 aromatic rings. The predicted molar refractivity (Wildman–Crippen MR) is 232 cm³/mol. The van der Waals surface area contributed by atoms with Gasteiger partial charge in [0.05, 0.1) is 125 Å².